The number of nitrogens with one attached hydrogen (secondary N) is 1. The molecule has 2 aromatic carbocycles. The maximum Gasteiger partial charge on any atom is 0.273 e. The van der Waals surface area contributed by atoms with E-state index in [9.17, 15) is 14.4 Å². The van der Waals surface area contributed by atoms with Gasteiger partial charge in [0.05, 0.1) is 17.3 Å². The van der Waals surface area contributed by atoms with Crippen LogP contribution < -0.4 is 16.9 Å². The van der Waals surface area contributed by atoms with Crippen molar-refractivity contribution in [1.82, 2.24) is 14.7 Å². The summed E-state index contributed by atoms with van der Waals surface area (Å²) < 4.78 is 1.21. The number of nitrogens with two attached hydrogens (primary N) is 1. The quantitative estimate of drug-likeness (QED) is 0.585. The van der Waals surface area contributed by atoms with Crippen LogP contribution in [-0.4, -0.2) is 33.7 Å². The first-order chi connectivity index (χ1) is 13.6. The molecule has 0 atom stereocenters. The largest absolute Gasteiger partial charge is 0.338 e. The van der Waals surface area contributed by atoms with Gasteiger partial charge < -0.3 is 10.6 Å². The molecule has 0 fully saturated rings. The van der Waals surface area contributed by atoms with Crippen LogP contribution in [-0.2, 0) is 17.9 Å². The van der Waals surface area contributed by atoms with Crippen LogP contribution in [0.5, 0.6) is 0 Å². The number of hydrogen-bond acceptors (Lipinski definition) is 4. The van der Waals surface area contributed by atoms with Crippen molar-refractivity contribution in [2.45, 2.75) is 25.9 Å². The fraction of sp³-hybridized carbons (Fsp3) is 0.286. The van der Waals surface area contributed by atoms with Gasteiger partial charge in [0.2, 0.25) is 5.91 Å². The van der Waals surface area contributed by atoms with Crippen LogP contribution in [0.25, 0.3) is 10.8 Å². The standard InChI is InChI=1S/C21H24N4O3.ClH/c22-12-6-13-24(15-16-7-2-1-3-8-16)19(26)11-14-25-21(28)18-10-5-4-9-17(18)20(27)23-25;/h1-5,7-10H,6,11-15,22H2,(H,23,27);1H. The third kappa shape index (κ3) is 5.56. The molecule has 3 aromatic rings. The minimum Gasteiger partial charge on any atom is -0.338 e. The van der Waals surface area contributed by atoms with Gasteiger partial charge in [0.15, 0.2) is 0 Å². The molecule has 0 spiro atoms. The Balaban J connectivity index is 0.00000300. The molecule has 1 aromatic heterocycles. The number of fused-ring (bicyclic) bond motifs is 1. The van der Waals surface area contributed by atoms with E-state index in [1.807, 2.05) is 30.3 Å². The van der Waals surface area contributed by atoms with E-state index in [0.717, 1.165) is 5.56 Å². The van der Waals surface area contributed by atoms with Crippen molar-refractivity contribution in [3.8, 4) is 0 Å². The number of aryl methyl sites for hydroxylation is 1. The number of nitrogens with zero attached hydrogens (tertiary/aromatic N) is 2. The van der Waals surface area contributed by atoms with Crippen LogP contribution in [0.4, 0.5) is 0 Å². The van der Waals surface area contributed by atoms with Crippen LogP contribution in [0.2, 0.25) is 0 Å². The number of aromatic nitrogens is 2. The van der Waals surface area contributed by atoms with Crippen molar-refractivity contribution in [3.05, 3.63) is 80.9 Å². The second-order valence-corrected chi connectivity index (χ2v) is 6.64. The van der Waals surface area contributed by atoms with Gasteiger partial charge in [-0.3, -0.25) is 19.5 Å². The first-order valence-corrected chi connectivity index (χ1v) is 9.34. The topological polar surface area (TPSA) is 101 Å². The van der Waals surface area contributed by atoms with Gasteiger partial charge in [-0.05, 0) is 30.7 Å². The molecule has 0 radical (unpaired) electrons. The Morgan fingerprint density at radius 2 is 1.66 bits per heavy atom. The summed E-state index contributed by atoms with van der Waals surface area (Å²) in [6.45, 7) is 1.65. The average Bonchev–Trinajstić information content (AvgIpc) is 2.73. The zero-order valence-corrected chi connectivity index (χ0v) is 16.9. The van der Waals surface area contributed by atoms with Crippen LogP contribution in [0.1, 0.15) is 18.4 Å². The molecule has 1 amide bonds. The van der Waals surface area contributed by atoms with Gasteiger partial charge in [0.1, 0.15) is 0 Å². The molecule has 154 valence electrons. The summed E-state index contributed by atoms with van der Waals surface area (Å²) in [5.74, 6) is -0.0850. The highest BCUT2D eigenvalue weighted by molar-refractivity contribution is 5.85. The van der Waals surface area contributed by atoms with E-state index < -0.39 is 0 Å². The molecule has 0 saturated heterocycles. The molecule has 0 aliphatic rings. The van der Waals surface area contributed by atoms with Crippen molar-refractivity contribution < 1.29 is 4.79 Å². The molecule has 0 aliphatic heterocycles. The van der Waals surface area contributed by atoms with Gasteiger partial charge in [0.25, 0.3) is 11.1 Å². The number of amides is 1. The Kier molecular flexibility index (Phi) is 8.18. The van der Waals surface area contributed by atoms with Gasteiger partial charge in [-0.25, -0.2) is 4.68 Å². The lowest BCUT2D eigenvalue weighted by Crippen LogP contribution is -2.35. The summed E-state index contributed by atoms with van der Waals surface area (Å²) in [6.07, 6.45) is 0.816. The Morgan fingerprint density at radius 1 is 1.00 bits per heavy atom. The molecule has 0 saturated carbocycles. The molecule has 0 aliphatic carbocycles. The van der Waals surface area contributed by atoms with Crippen molar-refractivity contribution in [2.24, 2.45) is 5.73 Å². The fourth-order valence-corrected chi connectivity index (χ4v) is 3.15. The van der Waals surface area contributed by atoms with E-state index in [4.69, 9.17) is 5.73 Å². The Hall–Kier alpha value is -2.90. The van der Waals surface area contributed by atoms with Crippen molar-refractivity contribution in [2.75, 3.05) is 13.1 Å². The van der Waals surface area contributed by atoms with Crippen molar-refractivity contribution in [3.63, 3.8) is 0 Å². The number of H-pyrrole nitrogens is 1. The SMILES string of the molecule is Cl.NCCCN(Cc1ccccc1)C(=O)CCn1[nH]c(=O)c2ccccc2c1=O. The summed E-state index contributed by atoms with van der Waals surface area (Å²) in [7, 11) is 0. The molecule has 7 nitrogen and oxygen atoms in total. The molecule has 3 rings (SSSR count). The lowest BCUT2D eigenvalue weighted by atomic mass is 10.2. The van der Waals surface area contributed by atoms with Crippen LogP contribution in [0.3, 0.4) is 0 Å². The Morgan fingerprint density at radius 3 is 2.34 bits per heavy atom. The number of carbonyl (C=O) groups excluding carboxylic acids is 1. The molecular weight excluding hydrogens is 392 g/mol. The fourth-order valence-electron chi connectivity index (χ4n) is 3.15. The van der Waals surface area contributed by atoms with Gasteiger partial charge in [-0.1, -0.05) is 42.5 Å². The number of rotatable bonds is 8. The van der Waals surface area contributed by atoms with E-state index in [0.29, 0.717) is 36.8 Å². The number of benzene rings is 2. The average molecular weight is 417 g/mol. The van der Waals surface area contributed by atoms with E-state index in [2.05, 4.69) is 5.10 Å². The maximum absolute atomic E-state index is 12.8. The monoisotopic (exact) mass is 416 g/mol. The van der Waals surface area contributed by atoms with Crippen molar-refractivity contribution in [1.29, 1.82) is 0 Å². The van der Waals surface area contributed by atoms with E-state index in [1.165, 1.54) is 4.68 Å². The molecule has 1 heterocycles. The number of halogens is 1. The summed E-state index contributed by atoms with van der Waals surface area (Å²) in [5, 5.41) is 3.26. The predicted molar refractivity (Wildman–Crippen MR) is 116 cm³/mol. The zero-order chi connectivity index (χ0) is 19.9. The molecule has 8 heteroatoms. The molecular formula is C21H25ClN4O3. The minimum atomic E-state index is -0.341. The third-order valence-electron chi connectivity index (χ3n) is 4.63. The summed E-state index contributed by atoms with van der Waals surface area (Å²) in [5.41, 5.74) is 5.99. The molecule has 3 N–H and O–H groups in total. The zero-order valence-electron chi connectivity index (χ0n) is 16.0. The van der Waals surface area contributed by atoms with E-state index >= 15 is 0 Å². The van der Waals surface area contributed by atoms with Crippen LogP contribution >= 0.6 is 12.4 Å². The lowest BCUT2D eigenvalue weighted by Gasteiger charge is -2.23. The Labute approximate surface area is 174 Å². The highest BCUT2D eigenvalue weighted by Crippen LogP contribution is 2.08. The number of aromatic amines is 1. The van der Waals surface area contributed by atoms with Gasteiger partial charge in [-0.15, -0.1) is 12.4 Å². The minimum absolute atomic E-state index is 0. The molecule has 0 unspecified atom stereocenters. The lowest BCUT2D eigenvalue weighted by molar-refractivity contribution is -0.132. The van der Waals surface area contributed by atoms with Gasteiger partial charge >= 0.3 is 0 Å². The molecule has 0 bridgehead atoms. The van der Waals surface area contributed by atoms with E-state index in [-0.39, 0.29) is 42.4 Å². The second kappa shape index (κ2) is 10.6. The summed E-state index contributed by atoms with van der Waals surface area (Å²) >= 11 is 0. The van der Waals surface area contributed by atoms with Gasteiger partial charge in [-0.2, -0.15) is 0 Å². The number of carbonyl (C=O) groups is 1. The van der Waals surface area contributed by atoms with E-state index in [1.54, 1.807) is 29.2 Å². The highest BCUT2D eigenvalue weighted by Gasteiger charge is 2.15. The smallest absolute Gasteiger partial charge is 0.273 e. The maximum atomic E-state index is 12.8. The Bertz CT molecular complexity index is 1060. The normalized spacial score (nSPS) is 10.5. The molecule has 29 heavy (non-hydrogen) atoms. The van der Waals surface area contributed by atoms with Crippen molar-refractivity contribution >= 4 is 29.1 Å². The second-order valence-electron chi connectivity index (χ2n) is 6.64. The first kappa shape index (κ1) is 22.4. The number of hydrogen-bond donors (Lipinski definition) is 2. The summed E-state index contributed by atoms with van der Waals surface area (Å²) in [4.78, 5) is 39.3. The van der Waals surface area contributed by atoms with Crippen LogP contribution in [0, 0.1) is 0 Å². The van der Waals surface area contributed by atoms with Crippen LogP contribution in [0.15, 0.2) is 64.2 Å². The van der Waals surface area contributed by atoms with Gasteiger partial charge in [0, 0.05) is 19.5 Å². The highest BCUT2D eigenvalue weighted by atomic mass is 35.5. The predicted octanol–water partition coefficient (Wildman–Crippen LogP) is 1.88. The first-order valence-electron chi connectivity index (χ1n) is 9.34. The summed E-state index contributed by atoms with van der Waals surface area (Å²) in [6, 6.07) is 16.4. The third-order valence-corrected chi connectivity index (χ3v) is 4.63.